The lowest BCUT2D eigenvalue weighted by atomic mass is 10.2. The van der Waals surface area contributed by atoms with Gasteiger partial charge in [0.1, 0.15) is 11.4 Å². The molecule has 2 aromatic rings. The molecule has 1 aliphatic rings. The first-order valence-electron chi connectivity index (χ1n) is 7.61. The van der Waals surface area contributed by atoms with Crippen molar-refractivity contribution in [2.75, 3.05) is 25.5 Å². The maximum atomic E-state index is 12.0. The highest BCUT2D eigenvalue weighted by Crippen LogP contribution is 2.27. The Bertz CT molecular complexity index is 695. The first-order valence-corrected chi connectivity index (χ1v) is 7.61. The average Bonchev–Trinajstić information content (AvgIpc) is 3.26. The SMILES string of the molecule is COc1ccc(NC(=O)CNCC2CC2)cc1-n1nnnc1C. The van der Waals surface area contributed by atoms with Gasteiger partial charge in [-0.3, -0.25) is 4.79 Å². The predicted molar refractivity (Wildman–Crippen MR) is 84.7 cm³/mol. The van der Waals surface area contributed by atoms with Crippen LogP contribution in [0.5, 0.6) is 5.75 Å². The van der Waals surface area contributed by atoms with Crippen molar-refractivity contribution >= 4 is 11.6 Å². The number of methoxy groups -OCH3 is 1. The fraction of sp³-hybridized carbons (Fsp3) is 0.467. The van der Waals surface area contributed by atoms with E-state index in [1.54, 1.807) is 36.9 Å². The van der Waals surface area contributed by atoms with Gasteiger partial charge in [0.05, 0.1) is 13.7 Å². The summed E-state index contributed by atoms with van der Waals surface area (Å²) in [4.78, 5) is 12.0. The lowest BCUT2D eigenvalue weighted by Crippen LogP contribution is -2.29. The van der Waals surface area contributed by atoms with Crippen LogP contribution < -0.4 is 15.4 Å². The third-order valence-electron chi connectivity index (χ3n) is 3.73. The van der Waals surface area contributed by atoms with E-state index in [4.69, 9.17) is 4.74 Å². The van der Waals surface area contributed by atoms with Crippen molar-refractivity contribution in [2.45, 2.75) is 19.8 Å². The Balaban J connectivity index is 1.70. The van der Waals surface area contributed by atoms with E-state index in [1.165, 1.54) is 12.8 Å². The summed E-state index contributed by atoms with van der Waals surface area (Å²) < 4.78 is 6.91. The van der Waals surface area contributed by atoms with Crippen molar-refractivity contribution < 1.29 is 9.53 Å². The number of aryl methyl sites for hydroxylation is 1. The van der Waals surface area contributed by atoms with Crippen molar-refractivity contribution in [2.24, 2.45) is 5.92 Å². The minimum Gasteiger partial charge on any atom is -0.494 e. The Morgan fingerprint density at radius 2 is 2.26 bits per heavy atom. The molecule has 3 rings (SSSR count). The molecule has 122 valence electrons. The molecule has 8 nitrogen and oxygen atoms in total. The highest BCUT2D eigenvalue weighted by molar-refractivity contribution is 5.92. The number of nitrogens with zero attached hydrogens (tertiary/aromatic N) is 4. The van der Waals surface area contributed by atoms with Crippen LogP contribution in [0, 0.1) is 12.8 Å². The topological polar surface area (TPSA) is 94.0 Å². The van der Waals surface area contributed by atoms with Crippen LogP contribution in [0.15, 0.2) is 18.2 Å². The monoisotopic (exact) mass is 316 g/mol. The zero-order valence-corrected chi connectivity index (χ0v) is 13.2. The van der Waals surface area contributed by atoms with E-state index in [2.05, 4.69) is 26.2 Å². The van der Waals surface area contributed by atoms with Gasteiger partial charge in [0.15, 0.2) is 5.82 Å². The molecule has 0 unspecified atom stereocenters. The molecule has 1 aromatic heterocycles. The second-order valence-corrected chi connectivity index (χ2v) is 5.65. The van der Waals surface area contributed by atoms with Gasteiger partial charge in [-0.05, 0) is 60.9 Å². The van der Waals surface area contributed by atoms with Crippen LogP contribution in [-0.4, -0.2) is 46.3 Å². The van der Waals surface area contributed by atoms with E-state index in [-0.39, 0.29) is 5.91 Å². The summed E-state index contributed by atoms with van der Waals surface area (Å²) >= 11 is 0. The largest absolute Gasteiger partial charge is 0.494 e. The zero-order chi connectivity index (χ0) is 16.2. The maximum absolute atomic E-state index is 12.0. The Kier molecular flexibility index (Phi) is 4.52. The minimum atomic E-state index is -0.0739. The first-order chi connectivity index (χ1) is 11.2. The molecule has 1 fully saturated rings. The highest BCUT2D eigenvalue weighted by atomic mass is 16.5. The van der Waals surface area contributed by atoms with Crippen LogP contribution in [-0.2, 0) is 4.79 Å². The smallest absolute Gasteiger partial charge is 0.238 e. The molecule has 1 amide bonds. The number of nitrogens with one attached hydrogen (secondary N) is 2. The lowest BCUT2D eigenvalue weighted by molar-refractivity contribution is -0.115. The number of rotatable bonds is 7. The van der Waals surface area contributed by atoms with Crippen molar-refractivity contribution in [3.8, 4) is 11.4 Å². The van der Waals surface area contributed by atoms with Gasteiger partial charge in [-0.15, -0.1) is 5.10 Å². The van der Waals surface area contributed by atoms with Gasteiger partial charge in [-0.2, -0.15) is 4.68 Å². The Morgan fingerprint density at radius 3 is 2.91 bits per heavy atom. The highest BCUT2D eigenvalue weighted by Gasteiger charge is 2.20. The third-order valence-corrected chi connectivity index (χ3v) is 3.73. The molecule has 1 aromatic carbocycles. The second-order valence-electron chi connectivity index (χ2n) is 5.65. The fourth-order valence-electron chi connectivity index (χ4n) is 2.30. The Hall–Kier alpha value is -2.48. The second kappa shape index (κ2) is 6.74. The quantitative estimate of drug-likeness (QED) is 0.789. The predicted octanol–water partition coefficient (Wildman–Crippen LogP) is 0.917. The molecule has 0 radical (unpaired) electrons. The number of amides is 1. The number of aromatic nitrogens is 4. The molecular weight excluding hydrogens is 296 g/mol. The van der Waals surface area contributed by atoms with E-state index in [0.717, 1.165) is 12.5 Å². The number of hydrogen-bond acceptors (Lipinski definition) is 6. The molecule has 0 atom stereocenters. The molecule has 0 saturated heterocycles. The lowest BCUT2D eigenvalue weighted by Gasteiger charge is -2.12. The van der Waals surface area contributed by atoms with Crippen LogP contribution in [0.4, 0.5) is 5.69 Å². The standard InChI is InChI=1S/C15H20N6O2/c1-10-18-19-20-21(10)13-7-12(5-6-14(13)23-2)17-15(22)9-16-8-11-3-4-11/h5-7,11,16H,3-4,8-9H2,1-2H3,(H,17,22). The van der Waals surface area contributed by atoms with Gasteiger partial charge >= 0.3 is 0 Å². The van der Waals surface area contributed by atoms with Gasteiger partial charge < -0.3 is 15.4 Å². The van der Waals surface area contributed by atoms with Crippen molar-refractivity contribution in [1.82, 2.24) is 25.5 Å². The van der Waals surface area contributed by atoms with Gasteiger partial charge in [0.25, 0.3) is 0 Å². The summed E-state index contributed by atoms with van der Waals surface area (Å²) in [6.07, 6.45) is 2.53. The molecule has 2 N–H and O–H groups in total. The minimum absolute atomic E-state index is 0.0739. The Morgan fingerprint density at radius 1 is 1.43 bits per heavy atom. The van der Waals surface area contributed by atoms with E-state index < -0.39 is 0 Å². The van der Waals surface area contributed by atoms with Gasteiger partial charge in [0, 0.05) is 5.69 Å². The fourth-order valence-corrected chi connectivity index (χ4v) is 2.30. The molecule has 1 heterocycles. The van der Waals surface area contributed by atoms with E-state index in [1.807, 2.05) is 0 Å². The number of ether oxygens (including phenoxy) is 1. The molecule has 0 spiro atoms. The van der Waals surface area contributed by atoms with Crippen molar-refractivity contribution in [3.05, 3.63) is 24.0 Å². The molecule has 1 saturated carbocycles. The first kappa shape index (κ1) is 15.4. The molecule has 0 aliphatic heterocycles. The summed E-state index contributed by atoms with van der Waals surface area (Å²) in [7, 11) is 1.58. The summed E-state index contributed by atoms with van der Waals surface area (Å²) in [5.74, 6) is 1.94. The molecule has 8 heteroatoms. The molecule has 1 aliphatic carbocycles. The van der Waals surface area contributed by atoms with Crippen molar-refractivity contribution in [3.63, 3.8) is 0 Å². The van der Waals surface area contributed by atoms with Gasteiger partial charge in [0.2, 0.25) is 5.91 Å². The third kappa shape index (κ3) is 3.84. The molecular formula is C15H20N6O2. The van der Waals surface area contributed by atoms with Crippen LogP contribution in [0.1, 0.15) is 18.7 Å². The van der Waals surface area contributed by atoms with Crippen LogP contribution in [0.2, 0.25) is 0 Å². The van der Waals surface area contributed by atoms with Crippen molar-refractivity contribution in [1.29, 1.82) is 0 Å². The van der Waals surface area contributed by atoms with E-state index in [0.29, 0.717) is 29.5 Å². The van der Waals surface area contributed by atoms with Crippen LogP contribution in [0.3, 0.4) is 0 Å². The summed E-state index contributed by atoms with van der Waals surface area (Å²) in [5.41, 5.74) is 1.35. The number of tetrazole rings is 1. The van der Waals surface area contributed by atoms with Crippen LogP contribution in [0.25, 0.3) is 5.69 Å². The normalized spacial score (nSPS) is 13.8. The summed E-state index contributed by atoms with van der Waals surface area (Å²) in [6.45, 7) is 3.01. The Labute approximate surface area is 134 Å². The molecule has 23 heavy (non-hydrogen) atoms. The summed E-state index contributed by atoms with van der Waals surface area (Å²) in [5, 5.41) is 17.5. The van der Waals surface area contributed by atoms with Gasteiger partial charge in [-0.25, -0.2) is 0 Å². The van der Waals surface area contributed by atoms with Crippen LogP contribution >= 0.6 is 0 Å². The average molecular weight is 316 g/mol. The number of carbonyl (C=O) groups excluding carboxylic acids is 1. The van der Waals surface area contributed by atoms with E-state index >= 15 is 0 Å². The zero-order valence-electron chi connectivity index (χ0n) is 13.2. The number of hydrogen-bond donors (Lipinski definition) is 2. The number of carbonyl (C=O) groups is 1. The number of anilines is 1. The molecule has 0 bridgehead atoms. The van der Waals surface area contributed by atoms with Gasteiger partial charge in [-0.1, -0.05) is 0 Å². The summed E-state index contributed by atoms with van der Waals surface area (Å²) in [6, 6.07) is 5.37. The number of benzene rings is 1. The van der Waals surface area contributed by atoms with E-state index in [9.17, 15) is 4.79 Å². The maximum Gasteiger partial charge on any atom is 0.238 e.